The first kappa shape index (κ1) is 21.6. The zero-order chi connectivity index (χ0) is 20.6. The number of amides is 2. The van der Waals surface area contributed by atoms with Crippen molar-refractivity contribution in [3.63, 3.8) is 0 Å². The Bertz CT molecular complexity index is 847. The molecule has 0 saturated carbocycles. The molecule has 1 fully saturated rings. The van der Waals surface area contributed by atoms with Gasteiger partial charge in [0.2, 0.25) is 5.91 Å². The Labute approximate surface area is 177 Å². The van der Waals surface area contributed by atoms with Crippen LogP contribution in [0, 0.1) is 5.82 Å². The molecule has 2 amide bonds. The summed E-state index contributed by atoms with van der Waals surface area (Å²) in [6.45, 7) is 2.05. The Balaban J connectivity index is 1.58. The van der Waals surface area contributed by atoms with E-state index in [1.165, 1.54) is 23.9 Å². The fourth-order valence-corrected chi connectivity index (χ4v) is 3.78. The van der Waals surface area contributed by atoms with Crippen LogP contribution >= 0.6 is 23.4 Å². The van der Waals surface area contributed by atoms with Crippen molar-refractivity contribution in [1.82, 2.24) is 15.8 Å². The van der Waals surface area contributed by atoms with Crippen molar-refractivity contribution >= 4 is 35.2 Å². The number of ether oxygens (including phenoxy) is 1. The second-order valence-electron chi connectivity index (χ2n) is 6.39. The number of nitrogens with zero attached hydrogens (tertiary/aromatic N) is 1. The maximum absolute atomic E-state index is 13.7. The number of carbonyl (C=O) groups excluding carboxylic acids is 2. The van der Waals surface area contributed by atoms with Gasteiger partial charge in [-0.2, -0.15) is 0 Å². The Kier molecular flexibility index (Phi) is 7.88. The highest BCUT2D eigenvalue weighted by atomic mass is 35.5. The van der Waals surface area contributed by atoms with Crippen LogP contribution in [0.1, 0.15) is 11.6 Å². The molecule has 6 nitrogen and oxygen atoms in total. The quantitative estimate of drug-likeness (QED) is 0.537. The molecule has 9 heteroatoms. The zero-order valence-corrected chi connectivity index (χ0v) is 17.1. The fourth-order valence-electron chi connectivity index (χ4n) is 2.96. The molecule has 3 rings (SSSR count). The monoisotopic (exact) mass is 437 g/mol. The predicted molar refractivity (Wildman–Crippen MR) is 110 cm³/mol. The molecule has 0 radical (unpaired) electrons. The van der Waals surface area contributed by atoms with Crippen LogP contribution in [0.2, 0.25) is 5.02 Å². The van der Waals surface area contributed by atoms with Crippen LogP contribution in [-0.2, 0) is 14.3 Å². The van der Waals surface area contributed by atoms with Crippen LogP contribution in [-0.4, -0.2) is 48.8 Å². The van der Waals surface area contributed by atoms with E-state index < -0.39 is 17.8 Å². The van der Waals surface area contributed by atoms with E-state index >= 15 is 0 Å². The third kappa shape index (κ3) is 6.43. The first-order chi connectivity index (χ1) is 14.0. The molecule has 1 unspecified atom stereocenters. The van der Waals surface area contributed by atoms with Gasteiger partial charge in [0.25, 0.3) is 5.91 Å². The van der Waals surface area contributed by atoms with Gasteiger partial charge in [0.05, 0.1) is 19.0 Å². The molecule has 0 spiro atoms. The van der Waals surface area contributed by atoms with Gasteiger partial charge in [-0.1, -0.05) is 23.7 Å². The lowest BCUT2D eigenvalue weighted by Gasteiger charge is -2.33. The number of hydrazine groups is 1. The highest BCUT2D eigenvalue weighted by Gasteiger charge is 2.29. The standard InChI is InChI=1S/C20H21ClFN3O3S/c21-15-4-6-17(7-5-15)29-13-18(26)23-24-20(27)19(25-8-10-28-11-9-25)14-2-1-3-16(22)12-14/h1-7,12,19H,8-11,13H2,(H,23,26)(H,24,27). The van der Waals surface area contributed by atoms with Gasteiger partial charge in [0.15, 0.2) is 0 Å². The van der Waals surface area contributed by atoms with Crippen molar-refractivity contribution in [2.75, 3.05) is 32.1 Å². The minimum Gasteiger partial charge on any atom is -0.379 e. The minimum absolute atomic E-state index is 0.129. The first-order valence-corrected chi connectivity index (χ1v) is 10.4. The lowest BCUT2D eigenvalue weighted by Crippen LogP contribution is -2.50. The topological polar surface area (TPSA) is 70.7 Å². The van der Waals surface area contributed by atoms with Gasteiger partial charge in [0.1, 0.15) is 11.9 Å². The highest BCUT2D eigenvalue weighted by molar-refractivity contribution is 8.00. The van der Waals surface area contributed by atoms with Crippen LogP contribution in [0.4, 0.5) is 4.39 Å². The molecule has 2 N–H and O–H groups in total. The number of halogens is 2. The molecule has 154 valence electrons. The summed E-state index contributed by atoms with van der Waals surface area (Å²) in [5.74, 6) is -1.07. The summed E-state index contributed by atoms with van der Waals surface area (Å²) in [4.78, 5) is 27.7. The van der Waals surface area contributed by atoms with Gasteiger partial charge >= 0.3 is 0 Å². The van der Waals surface area contributed by atoms with Gasteiger partial charge in [-0.15, -0.1) is 11.8 Å². The molecule has 1 aliphatic rings. The summed E-state index contributed by atoms with van der Waals surface area (Å²) in [5, 5.41) is 0.623. The van der Waals surface area contributed by atoms with Gasteiger partial charge in [-0.25, -0.2) is 4.39 Å². The smallest absolute Gasteiger partial charge is 0.260 e. The number of benzene rings is 2. The van der Waals surface area contributed by atoms with E-state index in [4.69, 9.17) is 16.3 Å². The van der Waals surface area contributed by atoms with Crippen molar-refractivity contribution < 1.29 is 18.7 Å². The fraction of sp³-hybridized carbons (Fsp3) is 0.300. The Hall–Kier alpha value is -2.13. The molecule has 0 aliphatic carbocycles. The highest BCUT2D eigenvalue weighted by Crippen LogP contribution is 2.23. The summed E-state index contributed by atoms with van der Waals surface area (Å²) < 4.78 is 19.0. The van der Waals surface area contributed by atoms with Crippen LogP contribution in [0.5, 0.6) is 0 Å². The van der Waals surface area contributed by atoms with Crippen molar-refractivity contribution in [2.24, 2.45) is 0 Å². The van der Waals surface area contributed by atoms with E-state index in [9.17, 15) is 14.0 Å². The van der Waals surface area contributed by atoms with E-state index in [2.05, 4.69) is 10.9 Å². The average molecular weight is 438 g/mol. The lowest BCUT2D eigenvalue weighted by molar-refractivity contribution is -0.133. The zero-order valence-electron chi connectivity index (χ0n) is 15.6. The normalized spacial score (nSPS) is 15.5. The Morgan fingerprint density at radius 3 is 2.55 bits per heavy atom. The van der Waals surface area contributed by atoms with Crippen molar-refractivity contribution in [3.05, 3.63) is 64.9 Å². The van der Waals surface area contributed by atoms with E-state index in [0.717, 1.165) is 4.90 Å². The first-order valence-electron chi connectivity index (χ1n) is 9.07. The number of thioether (sulfide) groups is 1. The number of hydrogen-bond donors (Lipinski definition) is 2. The van der Waals surface area contributed by atoms with Crippen molar-refractivity contribution in [1.29, 1.82) is 0 Å². The van der Waals surface area contributed by atoms with E-state index in [1.807, 2.05) is 17.0 Å². The Morgan fingerprint density at radius 1 is 1.14 bits per heavy atom. The molecule has 1 saturated heterocycles. The minimum atomic E-state index is -0.723. The molecular weight excluding hydrogens is 417 g/mol. The van der Waals surface area contributed by atoms with Crippen LogP contribution < -0.4 is 10.9 Å². The van der Waals surface area contributed by atoms with Crippen molar-refractivity contribution in [2.45, 2.75) is 10.9 Å². The number of nitrogens with one attached hydrogen (secondary N) is 2. The average Bonchev–Trinajstić information content (AvgIpc) is 2.73. The van der Waals surface area contributed by atoms with Gasteiger partial charge in [-0.3, -0.25) is 25.3 Å². The molecule has 29 heavy (non-hydrogen) atoms. The second kappa shape index (κ2) is 10.6. The van der Waals surface area contributed by atoms with Crippen LogP contribution in [0.15, 0.2) is 53.4 Å². The van der Waals surface area contributed by atoms with Crippen LogP contribution in [0.25, 0.3) is 0 Å². The molecule has 2 aromatic rings. The molecule has 1 atom stereocenters. The van der Waals surface area contributed by atoms with Gasteiger partial charge in [0, 0.05) is 23.0 Å². The summed E-state index contributed by atoms with van der Waals surface area (Å²) >= 11 is 7.17. The van der Waals surface area contributed by atoms with Gasteiger partial charge in [-0.05, 0) is 42.0 Å². The van der Waals surface area contributed by atoms with E-state index in [1.54, 1.807) is 24.3 Å². The summed E-state index contributed by atoms with van der Waals surface area (Å²) in [5.41, 5.74) is 5.42. The molecule has 0 aromatic heterocycles. The third-order valence-corrected chi connectivity index (χ3v) is 5.60. The Morgan fingerprint density at radius 2 is 1.86 bits per heavy atom. The maximum Gasteiger partial charge on any atom is 0.260 e. The molecule has 2 aromatic carbocycles. The van der Waals surface area contributed by atoms with E-state index in [-0.39, 0.29) is 11.7 Å². The molecule has 1 heterocycles. The molecule has 0 bridgehead atoms. The lowest BCUT2D eigenvalue weighted by atomic mass is 10.0. The van der Waals surface area contributed by atoms with Crippen LogP contribution in [0.3, 0.4) is 0 Å². The van der Waals surface area contributed by atoms with E-state index in [0.29, 0.717) is 36.9 Å². The predicted octanol–water partition coefficient (Wildman–Crippen LogP) is 2.79. The molecule has 1 aliphatic heterocycles. The number of carbonyl (C=O) groups is 2. The van der Waals surface area contributed by atoms with Gasteiger partial charge < -0.3 is 4.74 Å². The number of hydrogen-bond acceptors (Lipinski definition) is 5. The van der Waals surface area contributed by atoms with Crippen molar-refractivity contribution in [3.8, 4) is 0 Å². The summed E-state index contributed by atoms with van der Waals surface area (Å²) in [7, 11) is 0. The summed E-state index contributed by atoms with van der Waals surface area (Å²) in [6.07, 6.45) is 0. The molecular formula is C20H21ClFN3O3S. The second-order valence-corrected chi connectivity index (χ2v) is 7.87. The largest absolute Gasteiger partial charge is 0.379 e. The maximum atomic E-state index is 13.7. The summed E-state index contributed by atoms with van der Waals surface area (Å²) in [6, 6.07) is 12.3. The SMILES string of the molecule is O=C(CSc1ccc(Cl)cc1)NNC(=O)C(c1cccc(F)c1)N1CCOCC1. The third-order valence-electron chi connectivity index (χ3n) is 4.33. The number of morpholine rings is 1. The number of rotatable bonds is 6.